The van der Waals surface area contributed by atoms with Crippen molar-refractivity contribution < 1.29 is 0 Å². The molecule has 0 saturated heterocycles. The number of hydrogen-bond donors (Lipinski definition) is 4. The standard InChI is InChI=1S/C20H19BN4.C3H6.CH5N/c1-13(19(11-23)15-2-3-16(10-22)20(21)9-15)25-18-5-4-17-12-24-7-6-14(17)8-18;1-3-2;1-2/h2-10,12,19,22,25H,1,11,23H2;3H,1H2,2H3;2H2,1H3. The van der Waals surface area contributed by atoms with Gasteiger partial charge in [0.1, 0.15) is 7.85 Å². The smallest absolute Gasteiger partial charge is 0.114 e. The molecular formula is C24H30BN5. The van der Waals surface area contributed by atoms with E-state index in [2.05, 4.69) is 35.3 Å². The molecule has 2 radical (unpaired) electrons. The van der Waals surface area contributed by atoms with Crippen molar-refractivity contribution in [3.8, 4) is 0 Å². The van der Waals surface area contributed by atoms with Crippen LogP contribution in [0.25, 0.3) is 10.8 Å². The molecule has 6 N–H and O–H groups in total. The van der Waals surface area contributed by atoms with Crippen molar-refractivity contribution in [3.05, 3.63) is 90.9 Å². The molecule has 3 aromatic rings. The molecule has 0 saturated carbocycles. The predicted octanol–water partition coefficient (Wildman–Crippen LogP) is 3.46. The van der Waals surface area contributed by atoms with Crippen LogP contribution < -0.4 is 22.2 Å². The number of anilines is 1. The number of rotatable bonds is 6. The summed E-state index contributed by atoms with van der Waals surface area (Å²) >= 11 is 0. The Balaban J connectivity index is 0.000000826. The quantitative estimate of drug-likeness (QED) is 0.290. The normalized spacial score (nSPS) is 10.5. The maximum atomic E-state index is 7.34. The molecule has 0 aliphatic carbocycles. The van der Waals surface area contributed by atoms with E-state index in [-0.39, 0.29) is 5.92 Å². The Kier molecular flexibility index (Phi) is 10.8. The highest BCUT2D eigenvalue weighted by Gasteiger charge is 2.15. The van der Waals surface area contributed by atoms with Crippen LogP contribution in [-0.4, -0.2) is 32.6 Å². The second-order valence-electron chi connectivity index (χ2n) is 6.32. The fourth-order valence-corrected chi connectivity index (χ4v) is 2.85. The molecule has 1 heterocycles. The first-order valence-electron chi connectivity index (χ1n) is 9.58. The van der Waals surface area contributed by atoms with Crippen molar-refractivity contribution in [2.45, 2.75) is 12.8 Å². The first-order valence-corrected chi connectivity index (χ1v) is 9.58. The van der Waals surface area contributed by atoms with E-state index in [0.717, 1.165) is 27.7 Å². The van der Waals surface area contributed by atoms with Crippen LogP contribution in [0.1, 0.15) is 24.0 Å². The Morgan fingerprint density at radius 3 is 2.50 bits per heavy atom. The fourth-order valence-electron chi connectivity index (χ4n) is 2.85. The van der Waals surface area contributed by atoms with Crippen molar-refractivity contribution in [2.24, 2.45) is 11.5 Å². The molecule has 0 spiro atoms. The van der Waals surface area contributed by atoms with Crippen molar-refractivity contribution >= 4 is 36.0 Å². The van der Waals surface area contributed by atoms with E-state index in [0.29, 0.717) is 17.6 Å². The second kappa shape index (κ2) is 13.1. The van der Waals surface area contributed by atoms with Gasteiger partial charge in [0.25, 0.3) is 0 Å². The van der Waals surface area contributed by atoms with Gasteiger partial charge in [-0.1, -0.05) is 42.4 Å². The van der Waals surface area contributed by atoms with Crippen LogP contribution in [0.2, 0.25) is 0 Å². The maximum absolute atomic E-state index is 7.34. The zero-order valence-electron chi connectivity index (χ0n) is 17.7. The average Bonchev–Trinajstić information content (AvgIpc) is 2.76. The molecule has 5 nitrogen and oxygen atoms in total. The minimum Gasteiger partial charge on any atom is -0.359 e. The van der Waals surface area contributed by atoms with E-state index in [4.69, 9.17) is 19.0 Å². The van der Waals surface area contributed by atoms with Crippen molar-refractivity contribution in [1.29, 1.82) is 5.41 Å². The lowest BCUT2D eigenvalue weighted by atomic mass is 9.85. The molecule has 3 rings (SSSR count). The van der Waals surface area contributed by atoms with E-state index in [9.17, 15) is 0 Å². The molecule has 1 aromatic heterocycles. The topological polar surface area (TPSA) is 101 Å². The highest BCUT2D eigenvalue weighted by atomic mass is 14.9. The lowest BCUT2D eigenvalue weighted by Crippen LogP contribution is -2.21. The number of aromatic nitrogens is 1. The van der Waals surface area contributed by atoms with Crippen LogP contribution in [0.15, 0.2) is 79.8 Å². The van der Waals surface area contributed by atoms with Crippen LogP contribution in [-0.2, 0) is 0 Å². The summed E-state index contributed by atoms with van der Waals surface area (Å²) in [6.07, 6.45) is 6.61. The molecule has 0 fully saturated rings. The molecule has 0 aliphatic heterocycles. The largest absolute Gasteiger partial charge is 0.359 e. The van der Waals surface area contributed by atoms with Crippen LogP contribution in [0.4, 0.5) is 5.69 Å². The summed E-state index contributed by atoms with van der Waals surface area (Å²) in [5, 5.41) is 12.9. The first-order chi connectivity index (χ1) is 14.5. The van der Waals surface area contributed by atoms with Gasteiger partial charge in [0, 0.05) is 47.8 Å². The summed E-state index contributed by atoms with van der Waals surface area (Å²) < 4.78 is 0. The van der Waals surface area contributed by atoms with Crippen LogP contribution in [0, 0.1) is 5.41 Å². The van der Waals surface area contributed by atoms with Gasteiger partial charge >= 0.3 is 0 Å². The molecule has 0 aliphatic rings. The Bertz CT molecular complexity index is 984. The third-order valence-corrected chi connectivity index (χ3v) is 4.27. The Hall–Kier alpha value is -3.22. The summed E-state index contributed by atoms with van der Waals surface area (Å²) in [6, 6.07) is 13.7. The van der Waals surface area contributed by atoms with Crippen molar-refractivity contribution in [2.75, 3.05) is 18.9 Å². The van der Waals surface area contributed by atoms with E-state index in [1.165, 1.54) is 13.3 Å². The zero-order chi connectivity index (χ0) is 22.5. The number of nitrogens with zero attached hydrogens (tertiary/aromatic N) is 1. The highest BCUT2D eigenvalue weighted by Crippen LogP contribution is 2.25. The van der Waals surface area contributed by atoms with Gasteiger partial charge in [0.2, 0.25) is 0 Å². The minimum absolute atomic E-state index is 0.0739. The van der Waals surface area contributed by atoms with Gasteiger partial charge in [-0.05, 0) is 48.7 Å². The average molecular weight is 399 g/mol. The molecule has 6 heteroatoms. The molecule has 30 heavy (non-hydrogen) atoms. The first kappa shape index (κ1) is 24.8. The summed E-state index contributed by atoms with van der Waals surface area (Å²) in [7, 11) is 7.49. The van der Waals surface area contributed by atoms with Crippen LogP contribution >= 0.6 is 0 Å². The molecule has 2 aromatic carbocycles. The monoisotopic (exact) mass is 399 g/mol. The van der Waals surface area contributed by atoms with Crippen LogP contribution in [0.3, 0.4) is 0 Å². The SMILES string of the molecule is C=CC.CN.[B]c1cc(C(CN)C(=C)Nc2ccc3cnccc3c2)ccc1C=N. The highest BCUT2D eigenvalue weighted by molar-refractivity contribution is 6.35. The summed E-state index contributed by atoms with van der Waals surface area (Å²) in [5.74, 6) is -0.0739. The fraction of sp³-hybridized carbons (Fsp3) is 0.167. The molecule has 154 valence electrons. The third kappa shape index (κ3) is 6.69. The van der Waals surface area contributed by atoms with Crippen LogP contribution in [0.5, 0.6) is 0 Å². The summed E-state index contributed by atoms with van der Waals surface area (Å²) in [5.41, 5.74) is 14.5. The second-order valence-corrected chi connectivity index (χ2v) is 6.32. The van der Waals surface area contributed by atoms with E-state index >= 15 is 0 Å². The number of benzene rings is 2. The van der Waals surface area contributed by atoms with Gasteiger partial charge in [-0.25, -0.2) is 0 Å². The third-order valence-electron chi connectivity index (χ3n) is 4.27. The number of allylic oxidation sites excluding steroid dienone is 1. The Morgan fingerprint density at radius 2 is 1.90 bits per heavy atom. The van der Waals surface area contributed by atoms with E-state index in [1.54, 1.807) is 12.3 Å². The van der Waals surface area contributed by atoms with Crippen molar-refractivity contribution in [3.63, 3.8) is 0 Å². The summed E-state index contributed by atoms with van der Waals surface area (Å²) in [6.45, 7) is 9.82. The molecule has 1 unspecified atom stereocenters. The minimum atomic E-state index is -0.0739. The number of nitrogens with one attached hydrogen (secondary N) is 2. The van der Waals surface area contributed by atoms with E-state index < -0.39 is 0 Å². The predicted molar refractivity (Wildman–Crippen MR) is 132 cm³/mol. The number of pyridine rings is 1. The number of nitrogens with two attached hydrogens (primary N) is 2. The Labute approximate surface area is 180 Å². The number of fused-ring (bicyclic) bond motifs is 1. The lowest BCUT2D eigenvalue weighted by molar-refractivity contribution is 0.808. The van der Waals surface area contributed by atoms with Gasteiger partial charge in [-0.3, -0.25) is 4.98 Å². The van der Waals surface area contributed by atoms with Gasteiger partial charge < -0.3 is 22.2 Å². The molecular weight excluding hydrogens is 369 g/mol. The van der Waals surface area contributed by atoms with Gasteiger partial charge in [0.15, 0.2) is 0 Å². The molecule has 0 bridgehead atoms. The van der Waals surface area contributed by atoms with E-state index in [1.807, 2.05) is 49.5 Å². The summed E-state index contributed by atoms with van der Waals surface area (Å²) in [4.78, 5) is 4.12. The zero-order valence-corrected chi connectivity index (χ0v) is 17.7. The maximum Gasteiger partial charge on any atom is 0.114 e. The van der Waals surface area contributed by atoms with Gasteiger partial charge in [-0.2, -0.15) is 0 Å². The lowest BCUT2D eigenvalue weighted by Gasteiger charge is -2.21. The Morgan fingerprint density at radius 1 is 1.20 bits per heavy atom. The van der Waals surface area contributed by atoms with Gasteiger partial charge in [-0.15, -0.1) is 6.58 Å². The molecule has 1 atom stereocenters. The molecule has 0 amide bonds. The van der Waals surface area contributed by atoms with Crippen molar-refractivity contribution in [1.82, 2.24) is 4.98 Å². The van der Waals surface area contributed by atoms with Gasteiger partial charge in [0.05, 0.1) is 0 Å². The number of hydrogen-bond acceptors (Lipinski definition) is 5.